The quantitative estimate of drug-likeness (QED) is 0.495. The summed E-state index contributed by atoms with van der Waals surface area (Å²) in [7, 11) is 1.57. The number of hydrogen-bond donors (Lipinski definition) is 2. The number of carbonyl (C=O) groups excluding carboxylic acids is 2. The van der Waals surface area contributed by atoms with Gasteiger partial charge in [0.2, 0.25) is 0 Å². The van der Waals surface area contributed by atoms with Crippen LogP contribution in [0.3, 0.4) is 0 Å². The van der Waals surface area contributed by atoms with Crippen molar-refractivity contribution < 1.29 is 14.0 Å². The number of anilines is 1. The number of carbonyl (C=O) groups is 2. The lowest BCUT2D eigenvalue weighted by Gasteiger charge is -2.07. The van der Waals surface area contributed by atoms with Gasteiger partial charge >= 0.3 is 5.69 Å². The third kappa shape index (κ3) is 3.57. The molecule has 9 heteroatoms. The van der Waals surface area contributed by atoms with E-state index in [0.717, 1.165) is 16.7 Å². The second-order valence-electron chi connectivity index (χ2n) is 7.02. The van der Waals surface area contributed by atoms with Gasteiger partial charge in [0.1, 0.15) is 11.3 Å². The van der Waals surface area contributed by atoms with Gasteiger partial charge in [-0.2, -0.15) is 0 Å². The molecule has 1 amide bonds. The van der Waals surface area contributed by atoms with Crippen molar-refractivity contribution >= 4 is 28.4 Å². The van der Waals surface area contributed by atoms with Crippen LogP contribution in [-0.2, 0) is 7.05 Å². The zero-order chi connectivity index (χ0) is 22.3. The van der Waals surface area contributed by atoms with Crippen LogP contribution in [0.5, 0.6) is 0 Å². The summed E-state index contributed by atoms with van der Waals surface area (Å²) in [5.74, 6) is -1.20. The molecule has 2 aromatic heterocycles. The molecule has 0 unspecified atom stereocenters. The van der Waals surface area contributed by atoms with E-state index in [2.05, 4.69) is 10.3 Å². The molecular weight excluding hydrogens is 403 g/mol. The first-order valence-corrected chi connectivity index (χ1v) is 9.29. The van der Waals surface area contributed by atoms with Crippen molar-refractivity contribution in [2.45, 2.75) is 6.92 Å². The summed E-state index contributed by atoms with van der Waals surface area (Å²) in [5, 5.41) is 2.67. The number of aromatic amines is 1. The smallest absolute Gasteiger partial charge is 0.333 e. The number of nitrogens with zero attached hydrogens (tertiary/aromatic N) is 2. The van der Waals surface area contributed by atoms with Gasteiger partial charge in [-0.25, -0.2) is 13.8 Å². The van der Waals surface area contributed by atoms with Crippen molar-refractivity contribution in [1.29, 1.82) is 0 Å². The van der Waals surface area contributed by atoms with E-state index in [1.165, 1.54) is 35.9 Å². The Kier molecular flexibility index (Phi) is 4.86. The Bertz CT molecular complexity index is 1460. The van der Waals surface area contributed by atoms with Crippen LogP contribution in [-0.4, -0.2) is 25.8 Å². The molecule has 0 aliphatic rings. The number of aromatic nitrogens is 3. The molecule has 4 aromatic rings. The molecule has 0 spiro atoms. The minimum absolute atomic E-state index is 0.0797. The van der Waals surface area contributed by atoms with Crippen molar-refractivity contribution in [2.75, 3.05) is 5.32 Å². The summed E-state index contributed by atoms with van der Waals surface area (Å²) in [5.41, 5.74) is -0.104. The maximum Gasteiger partial charge on any atom is 0.333 e. The molecule has 31 heavy (non-hydrogen) atoms. The van der Waals surface area contributed by atoms with Gasteiger partial charge in [0.25, 0.3) is 11.5 Å². The lowest BCUT2D eigenvalue weighted by molar-refractivity contribution is 0.101. The lowest BCUT2D eigenvalue weighted by Crippen LogP contribution is -2.34. The molecule has 4 rings (SSSR count). The number of amides is 1. The zero-order valence-electron chi connectivity index (χ0n) is 16.6. The summed E-state index contributed by atoms with van der Waals surface area (Å²) in [6.07, 6.45) is 1.43. The minimum atomic E-state index is -0.761. The second-order valence-corrected chi connectivity index (χ2v) is 7.02. The van der Waals surface area contributed by atoms with E-state index in [9.17, 15) is 23.6 Å². The molecule has 0 radical (unpaired) electrons. The SMILES string of the molecule is CC(=O)c1cccc(NC(=O)c2cn(C)c3c(=O)n(-c4ccc(F)cc4)c(=O)[nH]c23)c1. The van der Waals surface area contributed by atoms with Crippen molar-refractivity contribution in [3.05, 3.63) is 92.5 Å². The summed E-state index contributed by atoms with van der Waals surface area (Å²) >= 11 is 0. The van der Waals surface area contributed by atoms with E-state index < -0.39 is 23.0 Å². The van der Waals surface area contributed by atoms with Gasteiger partial charge in [-0.05, 0) is 43.3 Å². The van der Waals surface area contributed by atoms with E-state index in [0.29, 0.717) is 11.3 Å². The van der Waals surface area contributed by atoms with Crippen LogP contribution >= 0.6 is 0 Å². The van der Waals surface area contributed by atoms with Crippen molar-refractivity contribution in [3.8, 4) is 5.69 Å². The van der Waals surface area contributed by atoms with Crippen LogP contribution in [0.25, 0.3) is 16.7 Å². The highest BCUT2D eigenvalue weighted by atomic mass is 19.1. The molecule has 0 bridgehead atoms. The molecule has 2 aromatic carbocycles. The van der Waals surface area contributed by atoms with Crippen LogP contribution in [0, 0.1) is 5.82 Å². The number of ketones is 1. The fraction of sp³-hybridized carbons (Fsp3) is 0.0909. The van der Waals surface area contributed by atoms with Crippen molar-refractivity contribution in [1.82, 2.24) is 14.1 Å². The van der Waals surface area contributed by atoms with Crippen LogP contribution in [0.2, 0.25) is 0 Å². The molecule has 0 aliphatic carbocycles. The van der Waals surface area contributed by atoms with Gasteiger partial charge in [-0.3, -0.25) is 14.4 Å². The molecule has 0 saturated carbocycles. The average molecular weight is 420 g/mol. The van der Waals surface area contributed by atoms with Crippen LogP contribution in [0.1, 0.15) is 27.6 Å². The summed E-state index contributed by atoms with van der Waals surface area (Å²) < 4.78 is 15.5. The third-order valence-electron chi connectivity index (χ3n) is 4.88. The van der Waals surface area contributed by atoms with Gasteiger partial charge in [-0.15, -0.1) is 0 Å². The van der Waals surface area contributed by atoms with Crippen LogP contribution in [0.15, 0.2) is 64.3 Å². The Morgan fingerprint density at radius 1 is 1.06 bits per heavy atom. The Morgan fingerprint density at radius 3 is 2.45 bits per heavy atom. The summed E-state index contributed by atoms with van der Waals surface area (Å²) in [4.78, 5) is 52.7. The van der Waals surface area contributed by atoms with E-state index in [1.807, 2.05) is 0 Å². The van der Waals surface area contributed by atoms with Gasteiger partial charge in [0, 0.05) is 24.5 Å². The van der Waals surface area contributed by atoms with Crippen molar-refractivity contribution in [3.63, 3.8) is 0 Å². The highest BCUT2D eigenvalue weighted by Gasteiger charge is 2.20. The third-order valence-corrected chi connectivity index (χ3v) is 4.88. The molecule has 0 atom stereocenters. The van der Waals surface area contributed by atoms with Crippen molar-refractivity contribution in [2.24, 2.45) is 7.05 Å². The topological polar surface area (TPSA) is 106 Å². The van der Waals surface area contributed by atoms with E-state index in [1.54, 1.807) is 25.2 Å². The number of H-pyrrole nitrogens is 1. The molecule has 0 saturated heterocycles. The number of rotatable bonds is 4. The van der Waals surface area contributed by atoms with E-state index in [-0.39, 0.29) is 28.1 Å². The van der Waals surface area contributed by atoms with Crippen LogP contribution < -0.4 is 16.6 Å². The number of Topliss-reactive ketones (excluding diaryl/α,β-unsaturated/α-hetero) is 1. The standard InChI is InChI=1S/C22H17FN4O4/c1-12(28)13-4-3-5-15(10-13)24-20(29)17-11-26(2)19-18(17)25-22(31)27(21(19)30)16-8-6-14(23)7-9-16/h3-11H,1-2H3,(H,24,29)(H,25,31). The number of benzene rings is 2. The van der Waals surface area contributed by atoms with E-state index >= 15 is 0 Å². The molecule has 2 heterocycles. The zero-order valence-corrected chi connectivity index (χ0v) is 16.6. The Labute approximate surface area is 174 Å². The molecule has 8 nitrogen and oxygen atoms in total. The van der Waals surface area contributed by atoms with Crippen LogP contribution in [0.4, 0.5) is 10.1 Å². The predicted octanol–water partition coefficient (Wildman–Crippen LogP) is 2.61. The number of fused-ring (bicyclic) bond motifs is 1. The molecule has 0 fully saturated rings. The molecule has 2 N–H and O–H groups in total. The largest absolute Gasteiger partial charge is 0.344 e. The highest BCUT2D eigenvalue weighted by Crippen LogP contribution is 2.18. The van der Waals surface area contributed by atoms with Gasteiger partial charge in [0.15, 0.2) is 5.78 Å². The van der Waals surface area contributed by atoms with E-state index in [4.69, 9.17) is 0 Å². The second kappa shape index (κ2) is 7.52. The molecule has 156 valence electrons. The molecular formula is C22H17FN4O4. The maximum atomic E-state index is 13.2. The van der Waals surface area contributed by atoms with Gasteiger partial charge < -0.3 is 14.9 Å². The Morgan fingerprint density at radius 2 is 1.77 bits per heavy atom. The minimum Gasteiger partial charge on any atom is -0.344 e. The van der Waals surface area contributed by atoms with Gasteiger partial charge in [0.05, 0.1) is 16.8 Å². The predicted molar refractivity (Wildman–Crippen MR) is 113 cm³/mol. The maximum absolute atomic E-state index is 13.2. The van der Waals surface area contributed by atoms with Gasteiger partial charge in [-0.1, -0.05) is 12.1 Å². The number of halogens is 1. The summed E-state index contributed by atoms with van der Waals surface area (Å²) in [6, 6.07) is 11.3. The fourth-order valence-corrected chi connectivity index (χ4v) is 3.38. The average Bonchev–Trinajstić information content (AvgIpc) is 3.06. The molecule has 0 aliphatic heterocycles. The first-order chi connectivity index (χ1) is 14.8. The summed E-state index contributed by atoms with van der Waals surface area (Å²) in [6.45, 7) is 1.42. The lowest BCUT2D eigenvalue weighted by atomic mass is 10.1. The highest BCUT2D eigenvalue weighted by molar-refractivity contribution is 6.12. The normalized spacial score (nSPS) is 10.9. The Hall–Kier alpha value is -4.27. The number of nitrogens with one attached hydrogen (secondary N) is 2. The first kappa shape index (κ1) is 20.0. The number of aryl methyl sites for hydroxylation is 1. The monoisotopic (exact) mass is 420 g/mol. The fourth-order valence-electron chi connectivity index (χ4n) is 3.38. The number of hydrogen-bond acceptors (Lipinski definition) is 4. The first-order valence-electron chi connectivity index (χ1n) is 9.29. The Balaban J connectivity index is 1.80.